The van der Waals surface area contributed by atoms with Crippen LogP contribution in [-0.2, 0) is 18.3 Å². The number of nitrogens with zero attached hydrogens (tertiary/aromatic N) is 1. The summed E-state index contributed by atoms with van der Waals surface area (Å²) in [6.45, 7) is 4.83. The highest BCUT2D eigenvalue weighted by Crippen LogP contribution is 2.50. The average molecular weight is 462 g/mol. The molecule has 0 bridgehead atoms. The maximum absolute atomic E-state index is 12.9. The van der Waals surface area contributed by atoms with Crippen LogP contribution in [0.3, 0.4) is 0 Å². The van der Waals surface area contributed by atoms with Crippen LogP contribution in [0.1, 0.15) is 25.3 Å². The van der Waals surface area contributed by atoms with Crippen LogP contribution in [0.25, 0.3) is 0 Å². The van der Waals surface area contributed by atoms with Gasteiger partial charge in [0.1, 0.15) is 12.0 Å². The SMILES string of the molecule is CCOP(=O)(/C=C/C(CN1C(=O)OCC1Sc1ccccc1)c1ccccc1)OCC. The number of hydrogen-bond donors (Lipinski definition) is 0. The van der Waals surface area contributed by atoms with Crippen LogP contribution in [0.15, 0.2) is 77.5 Å². The van der Waals surface area contributed by atoms with Crippen LogP contribution < -0.4 is 0 Å². The monoisotopic (exact) mass is 461 g/mol. The molecule has 31 heavy (non-hydrogen) atoms. The van der Waals surface area contributed by atoms with Gasteiger partial charge in [-0.3, -0.25) is 9.46 Å². The summed E-state index contributed by atoms with van der Waals surface area (Å²) in [4.78, 5) is 15.3. The number of ether oxygens (including phenoxy) is 1. The number of hydrogen-bond acceptors (Lipinski definition) is 6. The van der Waals surface area contributed by atoms with Crippen LogP contribution in [-0.4, -0.2) is 42.7 Å². The number of amides is 1. The third kappa shape index (κ3) is 6.71. The fourth-order valence-corrected chi connectivity index (χ4v) is 5.71. The Morgan fingerprint density at radius 1 is 1.10 bits per heavy atom. The van der Waals surface area contributed by atoms with Crippen molar-refractivity contribution in [2.24, 2.45) is 0 Å². The molecule has 2 unspecified atom stereocenters. The summed E-state index contributed by atoms with van der Waals surface area (Å²) in [5.41, 5.74) is 1.00. The lowest BCUT2D eigenvalue weighted by atomic mass is 9.99. The first-order valence-corrected chi connectivity index (χ1v) is 12.8. The Bertz CT molecular complexity index is 899. The highest BCUT2D eigenvalue weighted by atomic mass is 32.2. The van der Waals surface area contributed by atoms with E-state index in [4.69, 9.17) is 13.8 Å². The molecule has 1 aliphatic heterocycles. The van der Waals surface area contributed by atoms with Crippen LogP contribution in [0.5, 0.6) is 0 Å². The van der Waals surface area contributed by atoms with E-state index in [9.17, 15) is 9.36 Å². The Hall–Kier alpha value is -2.05. The van der Waals surface area contributed by atoms with Crippen molar-refractivity contribution in [2.75, 3.05) is 26.4 Å². The fourth-order valence-electron chi connectivity index (χ4n) is 3.26. The maximum Gasteiger partial charge on any atom is 0.410 e. The van der Waals surface area contributed by atoms with Crippen LogP contribution in [0, 0.1) is 0 Å². The predicted octanol–water partition coefficient (Wildman–Crippen LogP) is 6.12. The van der Waals surface area contributed by atoms with Crippen molar-refractivity contribution >= 4 is 25.5 Å². The standard InChI is InChI=1S/C23H28NO5PS/c1-3-28-30(26,29-4-2)16-15-20(19-11-7-5-8-12-19)17-24-22(18-27-23(24)25)31-21-13-9-6-10-14-21/h5-16,20,22H,3-4,17-18H2,1-2H3/b16-15+. The molecule has 2 aromatic rings. The zero-order valence-electron chi connectivity index (χ0n) is 17.8. The molecule has 1 saturated heterocycles. The van der Waals surface area contributed by atoms with Crippen molar-refractivity contribution in [3.63, 3.8) is 0 Å². The minimum Gasteiger partial charge on any atom is -0.446 e. The lowest BCUT2D eigenvalue weighted by Crippen LogP contribution is -2.34. The molecule has 1 fully saturated rings. The molecule has 3 rings (SSSR count). The molecule has 0 spiro atoms. The first kappa shape index (κ1) is 23.6. The molecular formula is C23H28NO5PS. The molecule has 2 aromatic carbocycles. The minimum absolute atomic E-state index is 0.139. The van der Waals surface area contributed by atoms with Crippen molar-refractivity contribution in [1.82, 2.24) is 4.90 Å². The van der Waals surface area contributed by atoms with E-state index in [1.165, 1.54) is 5.82 Å². The Balaban J connectivity index is 1.83. The summed E-state index contributed by atoms with van der Waals surface area (Å²) >= 11 is 1.59. The molecule has 2 atom stereocenters. The van der Waals surface area contributed by atoms with Gasteiger partial charge in [-0.25, -0.2) is 4.79 Å². The Labute approximate surface area is 188 Å². The van der Waals surface area contributed by atoms with E-state index in [0.29, 0.717) is 13.2 Å². The second-order valence-electron chi connectivity index (χ2n) is 6.85. The van der Waals surface area contributed by atoms with Gasteiger partial charge in [-0.15, -0.1) is 0 Å². The third-order valence-electron chi connectivity index (χ3n) is 4.69. The van der Waals surface area contributed by atoms with Crippen molar-refractivity contribution in [3.8, 4) is 0 Å². The van der Waals surface area contributed by atoms with Gasteiger partial charge in [-0.2, -0.15) is 0 Å². The van der Waals surface area contributed by atoms with E-state index in [1.54, 1.807) is 30.5 Å². The highest BCUT2D eigenvalue weighted by molar-refractivity contribution is 8.00. The van der Waals surface area contributed by atoms with E-state index in [2.05, 4.69) is 0 Å². The predicted molar refractivity (Wildman–Crippen MR) is 123 cm³/mol. The summed E-state index contributed by atoms with van der Waals surface area (Å²) in [5, 5.41) is -0.139. The number of carbonyl (C=O) groups is 1. The smallest absolute Gasteiger partial charge is 0.410 e. The summed E-state index contributed by atoms with van der Waals surface area (Å²) in [7, 11) is -3.34. The summed E-state index contributed by atoms with van der Waals surface area (Å²) < 4.78 is 29.0. The molecule has 1 aliphatic rings. The highest BCUT2D eigenvalue weighted by Gasteiger charge is 2.35. The number of cyclic esters (lactones) is 1. The summed E-state index contributed by atoms with van der Waals surface area (Å²) in [5.74, 6) is 1.32. The van der Waals surface area contributed by atoms with E-state index >= 15 is 0 Å². The molecule has 8 heteroatoms. The topological polar surface area (TPSA) is 65.1 Å². The first-order chi connectivity index (χ1) is 15.0. The molecule has 0 saturated carbocycles. The van der Waals surface area contributed by atoms with Crippen molar-refractivity contribution in [3.05, 3.63) is 78.1 Å². The van der Waals surface area contributed by atoms with Gasteiger partial charge in [-0.1, -0.05) is 66.4 Å². The van der Waals surface area contributed by atoms with E-state index in [0.717, 1.165) is 10.5 Å². The Kier molecular flexibility index (Phi) is 8.79. The van der Waals surface area contributed by atoms with Crippen LogP contribution in [0.2, 0.25) is 0 Å². The fraction of sp³-hybridized carbons (Fsp3) is 0.348. The molecule has 0 aromatic heterocycles. The zero-order chi connectivity index (χ0) is 22.1. The molecule has 1 heterocycles. The largest absolute Gasteiger partial charge is 0.446 e. The minimum atomic E-state index is -3.34. The van der Waals surface area contributed by atoms with Gasteiger partial charge < -0.3 is 13.8 Å². The summed E-state index contributed by atoms with van der Waals surface area (Å²) in [6, 6.07) is 19.7. The molecule has 1 amide bonds. The van der Waals surface area contributed by atoms with E-state index in [1.807, 2.05) is 66.7 Å². The third-order valence-corrected chi connectivity index (χ3v) is 7.67. The number of benzene rings is 2. The normalized spacial score (nSPS) is 17.8. The maximum atomic E-state index is 12.9. The molecule has 6 nitrogen and oxygen atoms in total. The van der Waals surface area contributed by atoms with Gasteiger partial charge >= 0.3 is 13.7 Å². The van der Waals surface area contributed by atoms with Crippen LogP contribution in [0.4, 0.5) is 4.79 Å². The molecular weight excluding hydrogens is 433 g/mol. The Morgan fingerprint density at radius 3 is 2.32 bits per heavy atom. The average Bonchev–Trinajstić information content (AvgIpc) is 3.11. The number of carbonyl (C=O) groups excluding carboxylic acids is 1. The van der Waals surface area contributed by atoms with E-state index < -0.39 is 7.60 Å². The van der Waals surface area contributed by atoms with Gasteiger partial charge in [0.05, 0.1) is 13.2 Å². The van der Waals surface area contributed by atoms with Crippen LogP contribution >= 0.6 is 19.4 Å². The molecule has 0 radical (unpaired) electrons. The zero-order valence-corrected chi connectivity index (χ0v) is 19.5. The van der Waals surface area contributed by atoms with E-state index in [-0.39, 0.29) is 30.6 Å². The van der Waals surface area contributed by atoms with Gasteiger partial charge in [0.2, 0.25) is 0 Å². The lowest BCUT2D eigenvalue weighted by Gasteiger charge is -2.25. The lowest BCUT2D eigenvalue weighted by molar-refractivity contribution is 0.157. The number of thioether (sulfide) groups is 1. The molecule has 166 valence electrons. The second kappa shape index (κ2) is 11.5. The Morgan fingerprint density at radius 2 is 1.71 bits per heavy atom. The van der Waals surface area contributed by atoms with Crippen molar-refractivity contribution < 1.29 is 23.1 Å². The first-order valence-electron chi connectivity index (χ1n) is 10.3. The summed E-state index contributed by atoms with van der Waals surface area (Å²) in [6.07, 6.45) is 1.47. The van der Waals surface area contributed by atoms with Crippen molar-refractivity contribution in [2.45, 2.75) is 30.0 Å². The van der Waals surface area contributed by atoms with Gasteiger partial charge in [0.25, 0.3) is 0 Å². The number of rotatable bonds is 11. The molecule has 0 N–H and O–H groups in total. The van der Waals surface area contributed by atoms with Gasteiger partial charge in [0, 0.05) is 23.2 Å². The quantitative estimate of drug-likeness (QED) is 0.376. The molecule has 0 aliphatic carbocycles. The van der Waals surface area contributed by atoms with Gasteiger partial charge in [-0.05, 0) is 31.5 Å². The van der Waals surface area contributed by atoms with Crippen molar-refractivity contribution in [1.29, 1.82) is 0 Å². The van der Waals surface area contributed by atoms with Gasteiger partial charge in [0.15, 0.2) is 0 Å². The second-order valence-corrected chi connectivity index (χ2v) is 9.99.